The third kappa shape index (κ3) is 5.62. The molecule has 0 aliphatic carbocycles. The minimum Gasteiger partial charge on any atom is -0.463 e. The van der Waals surface area contributed by atoms with Crippen LogP contribution in [-0.2, 0) is 16.1 Å². The molecular weight excluding hydrogens is 282 g/mol. The number of benzene rings is 1. The van der Waals surface area contributed by atoms with E-state index in [4.69, 9.17) is 4.42 Å². The number of hydrogen-bond acceptors (Lipinski definition) is 4. The van der Waals surface area contributed by atoms with E-state index < -0.39 is 0 Å². The van der Waals surface area contributed by atoms with Gasteiger partial charge in [0, 0.05) is 19.4 Å². The van der Waals surface area contributed by atoms with E-state index in [9.17, 15) is 9.59 Å². The zero-order chi connectivity index (χ0) is 15.6. The number of carbonyl (C=O) groups is 2. The number of carbonyl (C=O) groups excluding carboxylic acids is 2. The van der Waals surface area contributed by atoms with Crippen LogP contribution in [0.15, 0.2) is 58.2 Å². The molecule has 1 heterocycles. The normalized spacial score (nSPS) is 10.5. The zero-order valence-corrected chi connectivity index (χ0v) is 12.0. The summed E-state index contributed by atoms with van der Waals surface area (Å²) >= 11 is 0. The number of hydrogen-bond donors (Lipinski definition) is 2. The minimum atomic E-state index is -0.322. The summed E-state index contributed by atoms with van der Waals surface area (Å²) in [7, 11) is 0. The van der Waals surface area contributed by atoms with Gasteiger partial charge in [0.15, 0.2) is 0 Å². The van der Waals surface area contributed by atoms with Crippen molar-refractivity contribution in [1.82, 2.24) is 10.7 Å². The summed E-state index contributed by atoms with van der Waals surface area (Å²) < 4.78 is 5.02. The van der Waals surface area contributed by atoms with Crippen molar-refractivity contribution in [2.24, 2.45) is 5.10 Å². The molecule has 0 aliphatic rings. The Morgan fingerprint density at radius 1 is 1.05 bits per heavy atom. The average Bonchev–Trinajstić information content (AvgIpc) is 3.05. The van der Waals surface area contributed by atoms with Gasteiger partial charge in [0.25, 0.3) is 0 Å². The highest BCUT2D eigenvalue weighted by Crippen LogP contribution is 1.98. The first-order valence-electron chi connectivity index (χ1n) is 6.90. The monoisotopic (exact) mass is 299 g/mol. The highest BCUT2D eigenvalue weighted by atomic mass is 16.3. The molecule has 6 heteroatoms. The highest BCUT2D eigenvalue weighted by Gasteiger charge is 2.06. The van der Waals surface area contributed by atoms with Gasteiger partial charge in [-0.1, -0.05) is 30.3 Å². The van der Waals surface area contributed by atoms with Crippen molar-refractivity contribution in [3.63, 3.8) is 0 Å². The molecule has 2 N–H and O–H groups in total. The number of rotatable bonds is 7. The van der Waals surface area contributed by atoms with Gasteiger partial charge >= 0.3 is 0 Å². The summed E-state index contributed by atoms with van der Waals surface area (Å²) in [6, 6.07) is 13.0. The van der Waals surface area contributed by atoms with E-state index in [1.54, 1.807) is 12.1 Å². The fraction of sp³-hybridized carbons (Fsp3) is 0.188. The molecule has 0 spiro atoms. The number of furan rings is 1. The van der Waals surface area contributed by atoms with Crippen LogP contribution >= 0.6 is 0 Å². The summed E-state index contributed by atoms with van der Waals surface area (Å²) in [6.07, 6.45) is 3.11. The maximum Gasteiger partial charge on any atom is 0.240 e. The van der Waals surface area contributed by atoms with Gasteiger partial charge in [-0.25, -0.2) is 5.43 Å². The third-order valence-corrected chi connectivity index (χ3v) is 2.84. The molecule has 0 unspecified atom stereocenters. The van der Waals surface area contributed by atoms with E-state index in [0.717, 1.165) is 5.56 Å². The van der Waals surface area contributed by atoms with E-state index in [2.05, 4.69) is 15.8 Å². The van der Waals surface area contributed by atoms with Crippen LogP contribution < -0.4 is 10.7 Å². The Balaban J connectivity index is 1.62. The number of hydrazone groups is 1. The quantitative estimate of drug-likeness (QED) is 0.604. The Labute approximate surface area is 128 Å². The third-order valence-electron chi connectivity index (χ3n) is 2.84. The van der Waals surface area contributed by atoms with Crippen LogP contribution in [0.4, 0.5) is 0 Å². The summed E-state index contributed by atoms with van der Waals surface area (Å²) in [4.78, 5) is 23.2. The standard InChI is InChI=1S/C16H17N3O3/c20-15(17-11-13-5-2-1-3-6-13)8-9-16(21)19-18-12-14-7-4-10-22-14/h1-7,10,12H,8-9,11H2,(H,17,20)(H,19,21)/b18-12+. The van der Waals surface area contributed by atoms with Crippen LogP contribution in [0, 0.1) is 0 Å². The first-order chi connectivity index (χ1) is 10.7. The van der Waals surface area contributed by atoms with Crippen molar-refractivity contribution >= 4 is 18.0 Å². The number of nitrogens with zero attached hydrogens (tertiary/aromatic N) is 1. The maximum absolute atomic E-state index is 11.6. The molecule has 0 aliphatic heterocycles. The van der Waals surface area contributed by atoms with Gasteiger partial charge in [-0.2, -0.15) is 5.10 Å². The average molecular weight is 299 g/mol. The van der Waals surface area contributed by atoms with Gasteiger partial charge in [-0.3, -0.25) is 9.59 Å². The SMILES string of the molecule is O=C(CCC(=O)N/N=C/c1ccco1)NCc1ccccc1. The van der Waals surface area contributed by atoms with Crippen LogP contribution in [0.5, 0.6) is 0 Å². The van der Waals surface area contributed by atoms with Crippen LogP contribution in [0.2, 0.25) is 0 Å². The molecule has 0 bridgehead atoms. The lowest BCUT2D eigenvalue weighted by Gasteiger charge is -2.04. The summed E-state index contributed by atoms with van der Waals surface area (Å²) in [5.41, 5.74) is 3.36. The molecule has 1 aromatic heterocycles. The van der Waals surface area contributed by atoms with Crippen LogP contribution in [0.25, 0.3) is 0 Å². The predicted octanol–water partition coefficient (Wildman–Crippen LogP) is 1.83. The van der Waals surface area contributed by atoms with Gasteiger partial charge in [0.05, 0.1) is 12.5 Å². The van der Waals surface area contributed by atoms with E-state index in [1.165, 1.54) is 12.5 Å². The minimum absolute atomic E-state index is 0.0795. The lowest BCUT2D eigenvalue weighted by molar-refractivity contribution is -0.126. The van der Waals surface area contributed by atoms with Crippen LogP contribution in [-0.4, -0.2) is 18.0 Å². The van der Waals surface area contributed by atoms with E-state index >= 15 is 0 Å². The maximum atomic E-state index is 11.6. The Bertz CT molecular complexity index is 621. The van der Waals surface area contributed by atoms with E-state index in [1.807, 2.05) is 30.3 Å². The fourth-order valence-corrected chi connectivity index (χ4v) is 1.70. The molecular formula is C16H17N3O3. The second-order valence-corrected chi connectivity index (χ2v) is 4.57. The van der Waals surface area contributed by atoms with Gasteiger partial charge in [0.1, 0.15) is 5.76 Å². The molecule has 0 radical (unpaired) electrons. The van der Waals surface area contributed by atoms with Crippen molar-refractivity contribution < 1.29 is 14.0 Å². The lowest BCUT2D eigenvalue weighted by Crippen LogP contribution is -2.25. The smallest absolute Gasteiger partial charge is 0.240 e. The molecule has 1 aromatic carbocycles. The summed E-state index contributed by atoms with van der Waals surface area (Å²) in [5, 5.41) is 6.50. The highest BCUT2D eigenvalue weighted by molar-refractivity contribution is 5.84. The van der Waals surface area contributed by atoms with E-state index in [0.29, 0.717) is 12.3 Å². The summed E-state index contributed by atoms with van der Waals surface area (Å²) in [6.45, 7) is 0.456. The van der Waals surface area contributed by atoms with Crippen molar-refractivity contribution in [1.29, 1.82) is 0 Å². The Morgan fingerprint density at radius 3 is 2.55 bits per heavy atom. The summed E-state index contributed by atoms with van der Waals surface area (Å²) in [5.74, 6) is 0.0487. The van der Waals surface area contributed by atoms with Gasteiger partial charge in [0.2, 0.25) is 11.8 Å². The van der Waals surface area contributed by atoms with Crippen molar-refractivity contribution in [3.8, 4) is 0 Å². The molecule has 22 heavy (non-hydrogen) atoms. The predicted molar refractivity (Wildman–Crippen MR) is 82.0 cm³/mol. The van der Waals surface area contributed by atoms with Crippen LogP contribution in [0.1, 0.15) is 24.2 Å². The Hall–Kier alpha value is -2.89. The van der Waals surface area contributed by atoms with Gasteiger partial charge in [-0.15, -0.1) is 0 Å². The fourth-order valence-electron chi connectivity index (χ4n) is 1.70. The first kappa shape index (κ1) is 15.5. The van der Waals surface area contributed by atoms with Crippen molar-refractivity contribution in [3.05, 3.63) is 60.1 Å². The zero-order valence-electron chi connectivity index (χ0n) is 12.0. The second kappa shape index (κ2) is 8.41. The molecule has 0 fully saturated rings. The number of amides is 2. The van der Waals surface area contributed by atoms with E-state index in [-0.39, 0.29) is 24.7 Å². The van der Waals surface area contributed by atoms with Gasteiger partial charge in [-0.05, 0) is 17.7 Å². The molecule has 2 amide bonds. The van der Waals surface area contributed by atoms with Crippen molar-refractivity contribution in [2.75, 3.05) is 0 Å². The molecule has 6 nitrogen and oxygen atoms in total. The van der Waals surface area contributed by atoms with Crippen LogP contribution in [0.3, 0.4) is 0 Å². The van der Waals surface area contributed by atoms with Crippen molar-refractivity contribution in [2.45, 2.75) is 19.4 Å². The molecule has 0 atom stereocenters. The molecule has 2 rings (SSSR count). The van der Waals surface area contributed by atoms with Gasteiger partial charge < -0.3 is 9.73 Å². The largest absolute Gasteiger partial charge is 0.463 e. The lowest BCUT2D eigenvalue weighted by atomic mass is 10.2. The Kier molecular flexibility index (Phi) is 5.92. The molecule has 2 aromatic rings. The first-order valence-corrected chi connectivity index (χ1v) is 6.90. The molecule has 0 saturated heterocycles. The molecule has 114 valence electrons. The Morgan fingerprint density at radius 2 is 1.82 bits per heavy atom. The number of nitrogens with one attached hydrogen (secondary N) is 2. The topological polar surface area (TPSA) is 83.7 Å². The second-order valence-electron chi connectivity index (χ2n) is 4.57. The molecule has 0 saturated carbocycles.